The maximum absolute atomic E-state index is 12.6. The molecule has 0 radical (unpaired) electrons. The first-order chi connectivity index (χ1) is 18.4. The number of hydrogen-bond acceptors (Lipinski definition) is 6. The summed E-state index contributed by atoms with van der Waals surface area (Å²) >= 11 is 0. The van der Waals surface area contributed by atoms with Crippen LogP contribution in [-0.2, 0) is 39.1 Å². The van der Waals surface area contributed by atoms with E-state index in [4.69, 9.17) is 14.2 Å². The van der Waals surface area contributed by atoms with Crippen molar-refractivity contribution >= 4 is 9.84 Å². The molecule has 0 heterocycles. The Morgan fingerprint density at radius 2 is 1.32 bits per heavy atom. The first kappa shape index (κ1) is 28.9. The Kier molecular flexibility index (Phi) is 10.5. The molecule has 0 spiro atoms. The molecular formula is C31H44O6S. The molecule has 0 bridgehead atoms. The van der Waals surface area contributed by atoms with Gasteiger partial charge in [-0.25, -0.2) is 8.42 Å². The zero-order chi connectivity index (χ0) is 27.0. The van der Waals surface area contributed by atoms with Gasteiger partial charge < -0.3 is 19.3 Å². The molecule has 0 saturated heterocycles. The number of phenolic OH excluding ortho intramolecular Hbond substituents is 1. The smallest absolute Gasteiger partial charge is 0.180 e. The third-order valence-electron chi connectivity index (χ3n) is 8.04. The highest BCUT2D eigenvalue weighted by molar-refractivity contribution is 7.92. The molecule has 1 N–H and O–H groups in total. The van der Waals surface area contributed by atoms with Crippen LogP contribution in [-0.4, -0.2) is 31.0 Å². The van der Waals surface area contributed by atoms with Crippen LogP contribution in [0.25, 0.3) is 0 Å². The van der Waals surface area contributed by atoms with Crippen molar-refractivity contribution in [3.8, 4) is 11.5 Å². The van der Waals surface area contributed by atoms with E-state index in [-0.39, 0.29) is 18.0 Å². The summed E-state index contributed by atoms with van der Waals surface area (Å²) in [4.78, 5) is 0.313. The van der Waals surface area contributed by atoms with Gasteiger partial charge in [0.2, 0.25) is 0 Å². The fraction of sp³-hybridized carbons (Fsp3) is 0.613. The van der Waals surface area contributed by atoms with E-state index in [2.05, 4.69) is 0 Å². The van der Waals surface area contributed by atoms with E-state index >= 15 is 0 Å². The number of aromatic hydroxyl groups is 1. The summed E-state index contributed by atoms with van der Waals surface area (Å²) in [6, 6.07) is 10.5. The first-order valence-electron chi connectivity index (χ1n) is 14.4. The van der Waals surface area contributed by atoms with Gasteiger partial charge >= 0.3 is 0 Å². The van der Waals surface area contributed by atoms with Crippen molar-refractivity contribution in [3.63, 3.8) is 0 Å². The molecule has 1 atom stereocenters. The zero-order valence-electron chi connectivity index (χ0n) is 23.0. The molecule has 0 amide bonds. The van der Waals surface area contributed by atoms with E-state index in [0.29, 0.717) is 36.9 Å². The Balaban J connectivity index is 1.46. The number of rotatable bonds is 12. The fourth-order valence-corrected chi connectivity index (χ4v) is 6.78. The molecule has 1 unspecified atom stereocenters. The van der Waals surface area contributed by atoms with Crippen LogP contribution >= 0.6 is 0 Å². The number of phenols is 1. The first-order valence-corrected chi connectivity index (χ1v) is 15.9. The number of benzene rings is 2. The number of hydrogen-bond donors (Lipinski definition) is 1. The van der Waals surface area contributed by atoms with Crippen LogP contribution in [0.4, 0.5) is 0 Å². The van der Waals surface area contributed by atoms with Gasteiger partial charge in [-0.1, -0.05) is 45.4 Å². The molecule has 2 aromatic rings. The van der Waals surface area contributed by atoms with E-state index in [1.807, 2.05) is 19.1 Å². The second-order valence-electron chi connectivity index (χ2n) is 10.9. The van der Waals surface area contributed by atoms with Crippen LogP contribution < -0.4 is 4.74 Å². The Morgan fingerprint density at radius 1 is 0.816 bits per heavy atom. The average Bonchev–Trinajstić information content (AvgIpc) is 2.96. The third kappa shape index (κ3) is 7.73. The van der Waals surface area contributed by atoms with Crippen molar-refractivity contribution in [2.24, 2.45) is 0 Å². The van der Waals surface area contributed by atoms with Gasteiger partial charge in [0.1, 0.15) is 18.1 Å². The molecule has 2 fully saturated rings. The predicted octanol–water partition coefficient (Wildman–Crippen LogP) is 7.24. The van der Waals surface area contributed by atoms with E-state index < -0.39 is 15.1 Å². The van der Waals surface area contributed by atoms with Crippen molar-refractivity contribution in [1.82, 2.24) is 0 Å². The van der Waals surface area contributed by atoms with Crippen molar-refractivity contribution in [2.75, 3.05) is 0 Å². The molecule has 7 heteroatoms. The Hall–Kier alpha value is -2.09. The number of sulfone groups is 1. The molecule has 6 nitrogen and oxygen atoms in total. The van der Waals surface area contributed by atoms with Crippen LogP contribution in [0.1, 0.15) is 101 Å². The van der Waals surface area contributed by atoms with Gasteiger partial charge in [-0.05, 0) is 81.0 Å². The van der Waals surface area contributed by atoms with Gasteiger partial charge in [-0.15, -0.1) is 0 Å². The van der Waals surface area contributed by atoms with Crippen LogP contribution in [0.5, 0.6) is 11.5 Å². The normalized spacial score (nSPS) is 18.4. The fourth-order valence-electron chi connectivity index (χ4n) is 5.36. The van der Waals surface area contributed by atoms with Crippen LogP contribution in [0.15, 0.2) is 41.3 Å². The molecule has 0 aromatic heterocycles. The second kappa shape index (κ2) is 13.8. The van der Waals surface area contributed by atoms with E-state index in [9.17, 15) is 13.5 Å². The highest BCUT2D eigenvalue weighted by Gasteiger charge is 2.22. The second-order valence-corrected chi connectivity index (χ2v) is 13.3. The quantitative estimate of drug-likeness (QED) is 0.303. The molecule has 210 valence electrons. The lowest BCUT2D eigenvalue weighted by Gasteiger charge is -2.24. The lowest BCUT2D eigenvalue weighted by Crippen LogP contribution is -2.17. The molecule has 4 rings (SSSR count). The molecule has 2 aromatic carbocycles. The van der Waals surface area contributed by atoms with Gasteiger partial charge in [0.05, 0.1) is 35.6 Å². The highest BCUT2D eigenvalue weighted by atomic mass is 32.2. The van der Waals surface area contributed by atoms with Gasteiger partial charge in [0.25, 0.3) is 0 Å². The van der Waals surface area contributed by atoms with Crippen LogP contribution in [0, 0.1) is 0 Å². The molecule has 38 heavy (non-hydrogen) atoms. The summed E-state index contributed by atoms with van der Waals surface area (Å²) in [6.45, 7) is 4.63. The van der Waals surface area contributed by atoms with Gasteiger partial charge in [0, 0.05) is 11.1 Å². The van der Waals surface area contributed by atoms with E-state index in [1.165, 1.54) is 38.5 Å². The van der Waals surface area contributed by atoms with Crippen molar-refractivity contribution in [2.45, 2.75) is 127 Å². The van der Waals surface area contributed by atoms with Gasteiger partial charge in [0.15, 0.2) is 9.84 Å². The summed E-state index contributed by atoms with van der Waals surface area (Å²) < 4.78 is 43.7. The average molecular weight is 545 g/mol. The lowest BCUT2D eigenvalue weighted by atomic mass is 9.97. The Bertz CT molecular complexity index is 1070. The SMILES string of the molecule is CCC(C)S(=O)(=O)c1ccc(OCc2cc(COC3CCCCC3)c(O)c(COC3CCCCC3)c2)cc1. The van der Waals surface area contributed by atoms with Crippen LogP contribution in [0.2, 0.25) is 0 Å². The molecule has 0 aliphatic heterocycles. The topological polar surface area (TPSA) is 82.1 Å². The molecule has 2 saturated carbocycles. The summed E-state index contributed by atoms with van der Waals surface area (Å²) in [5, 5.41) is 10.7. The summed E-state index contributed by atoms with van der Waals surface area (Å²) in [5.41, 5.74) is 2.44. The zero-order valence-corrected chi connectivity index (χ0v) is 23.8. The highest BCUT2D eigenvalue weighted by Crippen LogP contribution is 2.31. The lowest BCUT2D eigenvalue weighted by molar-refractivity contribution is 0.0127. The molecule has 2 aliphatic carbocycles. The van der Waals surface area contributed by atoms with E-state index in [0.717, 1.165) is 42.4 Å². The van der Waals surface area contributed by atoms with Crippen molar-refractivity contribution in [3.05, 3.63) is 53.1 Å². The molecular weight excluding hydrogens is 500 g/mol. The molecule has 2 aliphatic rings. The Labute approximate surface area is 228 Å². The number of ether oxygens (including phenoxy) is 3. The minimum Gasteiger partial charge on any atom is -0.507 e. The maximum Gasteiger partial charge on any atom is 0.180 e. The van der Waals surface area contributed by atoms with Crippen molar-refractivity contribution in [1.29, 1.82) is 0 Å². The largest absolute Gasteiger partial charge is 0.507 e. The standard InChI is InChI=1S/C31H44O6S/c1-3-23(2)38(33,34)30-16-14-29(15-17-30)35-20-24-18-25(21-36-27-10-6-4-7-11-27)31(32)26(19-24)22-37-28-12-8-5-9-13-28/h14-19,23,27-28,32H,3-13,20-22H2,1-2H3. The minimum absolute atomic E-state index is 0.246. The maximum atomic E-state index is 12.6. The Morgan fingerprint density at radius 3 is 1.79 bits per heavy atom. The van der Waals surface area contributed by atoms with Crippen molar-refractivity contribution < 1.29 is 27.7 Å². The van der Waals surface area contributed by atoms with E-state index in [1.54, 1.807) is 31.2 Å². The van der Waals surface area contributed by atoms with Gasteiger partial charge in [-0.2, -0.15) is 0 Å². The summed E-state index contributed by atoms with van der Waals surface area (Å²) in [5.74, 6) is 0.848. The summed E-state index contributed by atoms with van der Waals surface area (Å²) in [7, 11) is -3.33. The predicted molar refractivity (Wildman–Crippen MR) is 149 cm³/mol. The van der Waals surface area contributed by atoms with Crippen LogP contribution in [0.3, 0.4) is 0 Å². The monoisotopic (exact) mass is 544 g/mol. The summed E-state index contributed by atoms with van der Waals surface area (Å²) in [6.07, 6.45) is 12.7. The third-order valence-corrected chi connectivity index (χ3v) is 10.4. The minimum atomic E-state index is -3.33. The van der Waals surface area contributed by atoms with Gasteiger partial charge in [-0.3, -0.25) is 0 Å².